The van der Waals surface area contributed by atoms with Crippen LogP contribution in [0.2, 0.25) is 0 Å². The number of benzene rings is 2. The summed E-state index contributed by atoms with van der Waals surface area (Å²) in [4.78, 5) is 20.1. The quantitative estimate of drug-likeness (QED) is 0.382. The zero-order valence-electron chi connectivity index (χ0n) is 10.0. The molecule has 2 aromatic rings. The zero-order chi connectivity index (χ0) is 14.9. The predicted octanol–water partition coefficient (Wildman–Crippen LogP) is 2.46. The van der Waals surface area contributed by atoms with E-state index in [-0.39, 0.29) is 11.4 Å². The lowest BCUT2D eigenvalue weighted by Crippen LogP contribution is -1.94. The van der Waals surface area contributed by atoms with Crippen LogP contribution in [0.15, 0.2) is 36.4 Å². The third kappa shape index (κ3) is 2.34. The van der Waals surface area contributed by atoms with Crippen LogP contribution in [0, 0.1) is 20.2 Å². The van der Waals surface area contributed by atoms with Crippen LogP contribution < -0.4 is 5.73 Å². The van der Waals surface area contributed by atoms with Gasteiger partial charge in [-0.15, -0.1) is 0 Å². The molecule has 2 aromatic carbocycles. The number of phenols is 1. The van der Waals surface area contributed by atoms with Crippen molar-refractivity contribution in [2.45, 2.75) is 0 Å². The molecule has 0 aliphatic carbocycles. The lowest BCUT2D eigenvalue weighted by Gasteiger charge is -2.05. The summed E-state index contributed by atoms with van der Waals surface area (Å²) >= 11 is 0. The van der Waals surface area contributed by atoms with E-state index in [4.69, 9.17) is 5.73 Å². The Morgan fingerprint density at radius 3 is 2.05 bits per heavy atom. The summed E-state index contributed by atoms with van der Waals surface area (Å²) < 4.78 is 0. The highest BCUT2D eigenvalue weighted by molar-refractivity contribution is 5.76. The van der Waals surface area contributed by atoms with E-state index in [0.29, 0.717) is 11.1 Å². The minimum absolute atomic E-state index is 0.0880. The van der Waals surface area contributed by atoms with Crippen LogP contribution in [0.25, 0.3) is 11.1 Å². The number of nitrogens with zero attached hydrogens (tertiary/aromatic N) is 2. The maximum Gasteiger partial charge on any atom is 0.313 e. The number of nitrogens with two attached hydrogens (primary N) is 1. The van der Waals surface area contributed by atoms with Crippen LogP contribution >= 0.6 is 0 Å². The van der Waals surface area contributed by atoms with Gasteiger partial charge in [-0.25, -0.2) is 0 Å². The van der Waals surface area contributed by atoms with Crippen LogP contribution in [0.4, 0.5) is 17.1 Å². The fraction of sp³-hybridized carbons (Fsp3) is 0. The molecule has 0 bridgehead atoms. The predicted molar refractivity (Wildman–Crippen MR) is 71.3 cm³/mol. The first-order valence-electron chi connectivity index (χ1n) is 5.42. The Labute approximate surface area is 112 Å². The largest absolute Gasteiger partial charge is 0.501 e. The summed E-state index contributed by atoms with van der Waals surface area (Å²) in [6.45, 7) is 0. The molecule has 0 saturated heterocycles. The molecule has 8 nitrogen and oxygen atoms in total. The van der Waals surface area contributed by atoms with E-state index in [1.165, 1.54) is 30.3 Å². The SMILES string of the molecule is Nc1cc(-c2ccc([N+](=O)[O-])cc2)cc([N+](=O)[O-])c1O. The van der Waals surface area contributed by atoms with Gasteiger partial charge in [0.25, 0.3) is 5.69 Å². The molecular formula is C12H9N3O5. The lowest BCUT2D eigenvalue weighted by molar-refractivity contribution is -0.385. The topological polar surface area (TPSA) is 133 Å². The van der Waals surface area contributed by atoms with Gasteiger partial charge >= 0.3 is 5.69 Å². The number of aromatic hydroxyl groups is 1. The van der Waals surface area contributed by atoms with Gasteiger partial charge in [-0.2, -0.15) is 0 Å². The summed E-state index contributed by atoms with van der Waals surface area (Å²) in [6.07, 6.45) is 0. The minimum atomic E-state index is -0.749. The zero-order valence-corrected chi connectivity index (χ0v) is 10.0. The third-order valence-electron chi connectivity index (χ3n) is 2.73. The Kier molecular flexibility index (Phi) is 3.21. The standard InChI is InChI=1S/C12H9N3O5/c13-10-5-8(6-11(12(10)16)15(19)20)7-1-3-9(4-2-7)14(17)18/h1-6,16H,13H2. The van der Waals surface area contributed by atoms with Gasteiger partial charge in [0.15, 0.2) is 0 Å². The van der Waals surface area contributed by atoms with Crippen molar-refractivity contribution in [3.8, 4) is 16.9 Å². The second kappa shape index (κ2) is 4.84. The van der Waals surface area contributed by atoms with Gasteiger partial charge in [-0.1, -0.05) is 0 Å². The normalized spacial score (nSPS) is 10.2. The van der Waals surface area contributed by atoms with Crippen molar-refractivity contribution in [1.29, 1.82) is 0 Å². The Hall–Kier alpha value is -3.16. The monoisotopic (exact) mass is 275 g/mol. The minimum Gasteiger partial charge on any atom is -0.501 e. The number of non-ortho nitro benzene ring substituents is 1. The van der Waals surface area contributed by atoms with Crippen LogP contribution in [0.5, 0.6) is 5.75 Å². The first kappa shape index (κ1) is 13.3. The summed E-state index contributed by atoms with van der Waals surface area (Å²) in [6, 6.07) is 7.99. The van der Waals surface area contributed by atoms with E-state index in [1.54, 1.807) is 0 Å². The number of nitro benzene ring substituents is 2. The van der Waals surface area contributed by atoms with Crippen LogP contribution in [0.3, 0.4) is 0 Å². The first-order valence-corrected chi connectivity index (χ1v) is 5.42. The smallest absolute Gasteiger partial charge is 0.313 e. The van der Waals surface area contributed by atoms with Crippen LogP contribution in [0.1, 0.15) is 0 Å². The highest BCUT2D eigenvalue weighted by Gasteiger charge is 2.18. The fourth-order valence-corrected chi connectivity index (χ4v) is 1.72. The molecule has 0 amide bonds. The highest BCUT2D eigenvalue weighted by Crippen LogP contribution is 2.37. The Morgan fingerprint density at radius 1 is 0.950 bits per heavy atom. The summed E-state index contributed by atoms with van der Waals surface area (Å²) in [5.41, 5.74) is 5.69. The van der Waals surface area contributed by atoms with Crippen LogP contribution in [-0.2, 0) is 0 Å². The summed E-state index contributed by atoms with van der Waals surface area (Å²) in [7, 11) is 0. The van der Waals surface area contributed by atoms with E-state index < -0.39 is 21.3 Å². The van der Waals surface area contributed by atoms with Crippen molar-refractivity contribution in [3.05, 3.63) is 56.6 Å². The Morgan fingerprint density at radius 2 is 1.55 bits per heavy atom. The summed E-state index contributed by atoms with van der Waals surface area (Å²) in [5.74, 6) is -0.597. The molecule has 0 spiro atoms. The number of anilines is 1. The molecule has 8 heteroatoms. The second-order valence-electron chi connectivity index (χ2n) is 3.99. The number of hydrogen-bond acceptors (Lipinski definition) is 6. The van der Waals surface area contributed by atoms with Gasteiger partial charge in [-0.05, 0) is 29.3 Å². The molecule has 0 heterocycles. The molecule has 2 rings (SSSR count). The van der Waals surface area contributed by atoms with Crippen LogP contribution in [-0.4, -0.2) is 15.0 Å². The molecule has 0 atom stereocenters. The second-order valence-corrected chi connectivity index (χ2v) is 3.99. The molecular weight excluding hydrogens is 266 g/mol. The molecule has 0 fully saturated rings. The van der Waals surface area contributed by atoms with Gasteiger partial charge < -0.3 is 10.8 Å². The molecule has 3 N–H and O–H groups in total. The fourth-order valence-electron chi connectivity index (χ4n) is 1.72. The maximum absolute atomic E-state index is 10.8. The number of nitro groups is 2. The number of phenolic OH excluding ortho intramolecular Hbond substituents is 1. The van der Waals surface area contributed by atoms with E-state index in [9.17, 15) is 25.3 Å². The van der Waals surface area contributed by atoms with E-state index in [0.717, 1.165) is 6.07 Å². The number of rotatable bonds is 3. The van der Waals surface area contributed by atoms with E-state index >= 15 is 0 Å². The molecule has 0 radical (unpaired) electrons. The van der Waals surface area contributed by atoms with Crippen molar-refractivity contribution >= 4 is 17.1 Å². The average Bonchev–Trinajstić information content (AvgIpc) is 2.41. The van der Waals surface area contributed by atoms with Gasteiger partial charge in [0.1, 0.15) is 0 Å². The Balaban J connectivity index is 2.52. The molecule has 0 aliphatic heterocycles. The third-order valence-corrected chi connectivity index (χ3v) is 2.73. The molecule has 0 saturated carbocycles. The lowest BCUT2D eigenvalue weighted by atomic mass is 10.0. The number of hydrogen-bond donors (Lipinski definition) is 2. The van der Waals surface area contributed by atoms with E-state index in [1.807, 2.05) is 0 Å². The van der Waals surface area contributed by atoms with Gasteiger partial charge in [0, 0.05) is 18.2 Å². The van der Waals surface area contributed by atoms with Crippen molar-refractivity contribution in [3.63, 3.8) is 0 Å². The molecule has 0 unspecified atom stereocenters. The van der Waals surface area contributed by atoms with Gasteiger partial charge in [-0.3, -0.25) is 20.2 Å². The highest BCUT2D eigenvalue weighted by atomic mass is 16.6. The van der Waals surface area contributed by atoms with E-state index in [2.05, 4.69) is 0 Å². The molecule has 102 valence electrons. The van der Waals surface area contributed by atoms with Crippen molar-refractivity contribution in [2.24, 2.45) is 0 Å². The molecule has 0 aromatic heterocycles. The maximum atomic E-state index is 10.8. The average molecular weight is 275 g/mol. The van der Waals surface area contributed by atoms with Gasteiger partial charge in [0.05, 0.1) is 15.5 Å². The molecule has 20 heavy (non-hydrogen) atoms. The van der Waals surface area contributed by atoms with Crippen molar-refractivity contribution < 1.29 is 15.0 Å². The van der Waals surface area contributed by atoms with Crippen molar-refractivity contribution in [2.75, 3.05) is 5.73 Å². The first-order chi connectivity index (χ1) is 9.40. The van der Waals surface area contributed by atoms with Gasteiger partial charge in [0.2, 0.25) is 5.75 Å². The van der Waals surface area contributed by atoms with Crippen molar-refractivity contribution in [1.82, 2.24) is 0 Å². The molecule has 0 aliphatic rings. The Bertz CT molecular complexity index is 697. The number of nitrogen functional groups attached to an aromatic ring is 1. The summed E-state index contributed by atoms with van der Waals surface area (Å²) in [5, 5.41) is 30.9.